The van der Waals surface area contributed by atoms with Gasteiger partial charge in [-0.2, -0.15) is 0 Å². The maximum atomic E-state index is 13.0. The van der Waals surface area contributed by atoms with Crippen molar-refractivity contribution in [2.24, 2.45) is 5.73 Å². The van der Waals surface area contributed by atoms with Crippen molar-refractivity contribution in [3.63, 3.8) is 0 Å². The van der Waals surface area contributed by atoms with Gasteiger partial charge in [0.1, 0.15) is 17.5 Å². The van der Waals surface area contributed by atoms with E-state index in [1.807, 2.05) is 0 Å². The summed E-state index contributed by atoms with van der Waals surface area (Å²) in [5.41, 5.74) is 4.59. The number of aliphatic hydroxyl groups is 1. The summed E-state index contributed by atoms with van der Waals surface area (Å²) in [6, 6.07) is 1.05. The van der Waals surface area contributed by atoms with E-state index in [-0.39, 0.29) is 13.0 Å². The molecule has 0 aromatic heterocycles. The van der Waals surface area contributed by atoms with E-state index in [4.69, 9.17) is 5.73 Å². The fourth-order valence-electron chi connectivity index (χ4n) is 1.17. The zero-order chi connectivity index (χ0) is 10.7. The molecule has 0 bridgehead atoms. The van der Waals surface area contributed by atoms with Crippen LogP contribution in [0.15, 0.2) is 12.1 Å². The molecule has 1 aromatic rings. The molecule has 1 rings (SSSR count). The van der Waals surface area contributed by atoms with Gasteiger partial charge < -0.3 is 10.8 Å². The highest BCUT2D eigenvalue weighted by Gasteiger charge is 2.18. The predicted octanol–water partition coefficient (Wildman–Crippen LogP) is 1.49. The number of aliphatic hydroxyl groups excluding tert-OH is 1. The van der Waals surface area contributed by atoms with Crippen LogP contribution in [0.25, 0.3) is 0 Å². The van der Waals surface area contributed by atoms with E-state index < -0.39 is 29.1 Å². The molecule has 0 heterocycles. The Morgan fingerprint density at radius 1 is 1.21 bits per heavy atom. The van der Waals surface area contributed by atoms with Crippen LogP contribution in [0.1, 0.15) is 18.1 Å². The lowest BCUT2D eigenvalue weighted by Gasteiger charge is -2.11. The Morgan fingerprint density at radius 3 is 2.14 bits per heavy atom. The normalized spacial score (nSPS) is 12.9. The van der Waals surface area contributed by atoms with Crippen LogP contribution in [0.5, 0.6) is 0 Å². The van der Waals surface area contributed by atoms with Crippen LogP contribution in [-0.2, 0) is 0 Å². The third-order valence-electron chi connectivity index (χ3n) is 1.82. The van der Waals surface area contributed by atoms with Gasteiger partial charge in [0.05, 0.1) is 11.7 Å². The Kier molecular flexibility index (Phi) is 3.49. The van der Waals surface area contributed by atoms with Crippen molar-refractivity contribution in [2.75, 3.05) is 6.54 Å². The van der Waals surface area contributed by atoms with Gasteiger partial charge in [-0.15, -0.1) is 0 Å². The van der Waals surface area contributed by atoms with Crippen LogP contribution in [0.4, 0.5) is 13.2 Å². The molecule has 0 saturated heterocycles. The molecular weight excluding hydrogens is 195 g/mol. The maximum Gasteiger partial charge on any atom is 0.134 e. The van der Waals surface area contributed by atoms with Gasteiger partial charge >= 0.3 is 0 Å². The van der Waals surface area contributed by atoms with Gasteiger partial charge in [-0.1, -0.05) is 0 Å². The molecule has 0 amide bonds. The number of rotatable bonds is 3. The second-order valence-electron chi connectivity index (χ2n) is 2.88. The van der Waals surface area contributed by atoms with Crippen molar-refractivity contribution in [3.05, 3.63) is 35.1 Å². The third kappa shape index (κ3) is 2.24. The van der Waals surface area contributed by atoms with E-state index in [9.17, 15) is 18.3 Å². The van der Waals surface area contributed by atoms with Crippen LogP contribution in [0, 0.1) is 17.5 Å². The lowest BCUT2D eigenvalue weighted by atomic mass is 10.1. The predicted molar refractivity (Wildman–Crippen MR) is 44.9 cm³/mol. The molecule has 1 atom stereocenters. The highest BCUT2D eigenvalue weighted by atomic mass is 19.1. The molecular formula is C9H10F3NO. The zero-order valence-electron chi connectivity index (χ0n) is 7.30. The van der Waals surface area contributed by atoms with Crippen LogP contribution < -0.4 is 5.73 Å². The smallest absolute Gasteiger partial charge is 0.134 e. The first kappa shape index (κ1) is 11.0. The minimum absolute atomic E-state index is 0.0273. The molecule has 14 heavy (non-hydrogen) atoms. The minimum atomic E-state index is -1.33. The van der Waals surface area contributed by atoms with Gasteiger partial charge in [0.15, 0.2) is 0 Å². The quantitative estimate of drug-likeness (QED) is 0.785. The number of benzene rings is 1. The lowest BCUT2D eigenvalue weighted by molar-refractivity contribution is 0.160. The van der Waals surface area contributed by atoms with Crippen LogP contribution >= 0.6 is 0 Å². The van der Waals surface area contributed by atoms with Crippen molar-refractivity contribution in [3.8, 4) is 0 Å². The van der Waals surface area contributed by atoms with Crippen LogP contribution in [0.2, 0.25) is 0 Å². The van der Waals surface area contributed by atoms with Gasteiger partial charge in [-0.3, -0.25) is 0 Å². The van der Waals surface area contributed by atoms with E-state index in [0.717, 1.165) is 0 Å². The van der Waals surface area contributed by atoms with E-state index >= 15 is 0 Å². The summed E-state index contributed by atoms with van der Waals surface area (Å²) in [6.45, 7) is 0.0947. The van der Waals surface area contributed by atoms with Gasteiger partial charge in [-0.25, -0.2) is 13.2 Å². The number of hydrogen-bond donors (Lipinski definition) is 2. The van der Waals surface area contributed by atoms with Crippen molar-refractivity contribution in [2.45, 2.75) is 12.5 Å². The van der Waals surface area contributed by atoms with Gasteiger partial charge in [0.25, 0.3) is 0 Å². The first-order valence-electron chi connectivity index (χ1n) is 4.09. The minimum Gasteiger partial charge on any atom is -0.388 e. The molecule has 0 aliphatic rings. The van der Waals surface area contributed by atoms with Gasteiger partial charge in [0, 0.05) is 12.1 Å². The largest absolute Gasteiger partial charge is 0.388 e. The average molecular weight is 205 g/mol. The second kappa shape index (κ2) is 4.43. The molecule has 0 aliphatic carbocycles. The monoisotopic (exact) mass is 205 g/mol. The Balaban J connectivity index is 3.07. The average Bonchev–Trinajstić information content (AvgIpc) is 2.01. The topological polar surface area (TPSA) is 46.2 Å². The summed E-state index contributed by atoms with van der Waals surface area (Å²) in [7, 11) is 0. The number of hydrogen-bond acceptors (Lipinski definition) is 2. The molecule has 1 unspecified atom stereocenters. The Morgan fingerprint density at radius 2 is 1.71 bits per heavy atom. The summed E-state index contributed by atoms with van der Waals surface area (Å²) in [4.78, 5) is 0. The summed E-state index contributed by atoms with van der Waals surface area (Å²) in [5.74, 6) is -3.20. The molecule has 2 nitrogen and oxygen atoms in total. The van der Waals surface area contributed by atoms with Crippen molar-refractivity contribution in [1.82, 2.24) is 0 Å². The third-order valence-corrected chi connectivity index (χ3v) is 1.82. The summed E-state index contributed by atoms with van der Waals surface area (Å²) in [5, 5.41) is 9.29. The highest BCUT2D eigenvalue weighted by molar-refractivity contribution is 5.23. The van der Waals surface area contributed by atoms with Crippen molar-refractivity contribution >= 4 is 0 Å². The molecule has 5 heteroatoms. The first-order valence-corrected chi connectivity index (χ1v) is 4.09. The van der Waals surface area contributed by atoms with Crippen molar-refractivity contribution in [1.29, 1.82) is 0 Å². The van der Waals surface area contributed by atoms with E-state index in [1.54, 1.807) is 0 Å². The number of nitrogens with two attached hydrogens (primary N) is 1. The SMILES string of the molecule is NCCC(O)c1c(F)cc(F)cc1F. The van der Waals surface area contributed by atoms with Crippen LogP contribution in [0.3, 0.4) is 0 Å². The molecule has 0 saturated carbocycles. The zero-order valence-corrected chi connectivity index (χ0v) is 7.30. The molecule has 1 aromatic carbocycles. The van der Waals surface area contributed by atoms with Crippen molar-refractivity contribution < 1.29 is 18.3 Å². The molecule has 3 N–H and O–H groups in total. The molecule has 0 aliphatic heterocycles. The summed E-state index contributed by atoms with van der Waals surface area (Å²) >= 11 is 0. The first-order chi connectivity index (χ1) is 6.56. The summed E-state index contributed by atoms with van der Waals surface area (Å²) in [6.07, 6.45) is -1.31. The molecule has 0 spiro atoms. The molecule has 0 radical (unpaired) electrons. The Hall–Kier alpha value is -1.07. The molecule has 0 fully saturated rings. The number of halogens is 3. The van der Waals surface area contributed by atoms with E-state index in [0.29, 0.717) is 12.1 Å². The molecule has 78 valence electrons. The fourth-order valence-corrected chi connectivity index (χ4v) is 1.17. The fraction of sp³-hybridized carbons (Fsp3) is 0.333. The second-order valence-corrected chi connectivity index (χ2v) is 2.88. The lowest BCUT2D eigenvalue weighted by Crippen LogP contribution is -2.10. The summed E-state index contributed by atoms with van der Waals surface area (Å²) < 4.78 is 38.5. The maximum absolute atomic E-state index is 13.0. The highest BCUT2D eigenvalue weighted by Crippen LogP contribution is 2.23. The standard InChI is InChI=1S/C9H10F3NO/c10-5-3-6(11)9(7(12)4-5)8(14)1-2-13/h3-4,8,14H,1-2,13H2. The Labute approximate surface area is 79.2 Å². The van der Waals surface area contributed by atoms with Crippen LogP contribution in [-0.4, -0.2) is 11.7 Å². The van der Waals surface area contributed by atoms with Gasteiger partial charge in [0.2, 0.25) is 0 Å². The Bertz CT molecular complexity index is 307. The van der Waals surface area contributed by atoms with Gasteiger partial charge in [-0.05, 0) is 13.0 Å². The van der Waals surface area contributed by atoms with E-state index in [2.05, 4.69) is 0 Å². The van der Waals surface area contributed by atoms with E-state index in [1.165, 1.54) is 0 Å².